The maximum atomic E-state index is 12.0. The van der Waals surface area contributed by atoms with Crippen molar-refractivity contribution < 1.29 is 14.3 Å². The highest BCUT2D eigenvalue weighted by atomic mass is 16.5. The molecule has 1 aromatic carbocycles. The molecular weight excluding hydrogens is 296 g/mol. The van der Waals surface area contributed by atoms with Crippen LogP contribution in [0.5, 0.6) is 5.75 Å². The van der Waals surface area contributed by atoms with E-state index in [2.05, 4.69) is 15.7 Å². The molecule has 7 nitrogen and oxygen atoms in total. The molecule has 0 radical (unpaired) electrons. The fraction of sp³-hybridized carbons (Fsp3) is 0.312. The maximum absolute atomic E-state index is 12.0. The third-order valence-corrected chi connectivity index (χ3v) is 2.88. The lowest BCUT2D eigenvalue weighted by molar-refractivity contribution is -0.115. The van der Waals surface area contributed by atoms with Crippen LogP contribution in [0, 0.1) is 0 Å². The van der Waals surface area contributed by atoms with Gasteiger partial charge in [-0.3, -0.25) is 14.3 Å². The van der Waals surface area contributed by atoms with Crippen molar-refractivity contribution in [1.29, 1.82) is 0 Å². The van der Waals surface area contributed by atoms with Gasteiger partial charge in [0, 0.05) is 24.9 Å². The molecule has 0 bridgehead atoms. The number of aryl methyl sites for hydroxylation is 1. The first-order valence-corrected chi connectivity index (χ1v) is 7.28. The Morgan fingerprint density at radius 1 is 1.22 bits per heavy atom. The fourth-order valence-electron chi connectivity index (χ4n) is 1.89. The van der Waals surface area contributed by atoms with Gasteiger partial charge in [-0.05, 0) is 38.1 Å². The Kier molecular flexibility index (Phi) is 5.35. The lowest BCUT2D eigenvalue weighted by Crippen LogP contribution is -2.32. The van der Waals surface area contributed by atoms with Crippen molar-refractivity contribution in [3.05, 3.63) is 42.1 Å². The first-order valence-electron chi connectivity index (χ1n) is 7.28. The Bertz CT molecular complexity index is 677. The summed E-state index contributed by atoms with van der Waals surface area (Å²) in [6.45, 7) is 3.74. The molecule has 2 N–H and O–H groups in total. The number of anilines is 1. The number of ether oxygens (including phenoxy) is 1. The van der Waals surface area contributed by atoms with Gasteiger partial charge in [0.15, 0.2) is 5.82 Å². The fourth-order valence-corrected chi connectivity index (χ4v) is 1.89. The Hall–Kier alpha value is -2.83. The van der Waals surface area contributed by atoms with Crippen LogP contribution in [0.25, 0.3) is 0 Å². The number of nitrogens with one attached hydrogen (secondary N) is 2. The Morgan fingerprint density at radius 2 is 1.91 bits per heavy atom. The number of hydrogen-bond donors (Lipinski definition) is 2. The van der Waals surface area contributed by atoms with Gasteiger partial charge in [0.1, 0.15) is 5.75 Å². The lowest BCUT2D eigenvalue weighted by Gasteiger charge is -2.10. The molecule has 2 rings (SSSR count). The average molecular weight is 316 g/mol. The number of benzene rings is 1. The molecule has 1 heterocycles. The summed E-state index contributed by atoms with van der Waals surface area (Å²) >= 11 is 0. The van der Waals surface area contributed by atoms with Gasteiger partial charge in [0.05, 0.1) is 12.6 Å². The molecule has 0 atom stereocenters. The van der Waals surface area contributed by atoms with Crippen LogP contribution in [0.4, 0.5) is 5.82 Å². The van der Waals surface area contributed by atoms with Crippen LogP contribution in [0.15, 0.2) is 36.5 Å². The minimum atomic E-state index is -0.336. The molecule has 122 valence electrons. The molecule has 0 aliphatic carbocycles. The van der Waals surface area contributed by atoms with E-state index in [0.717, 1.165) is 0 Å². The van der Waals surface area contributed by atoms with Crippen LogP contribution >= 0.6 is 0 Å². The Labute approximate surface area is 134 Å². The smallest absolute Gasteiger partial charge is 0.251 e. The molecular formula is C16H20N4O3. The molecule has 0 saturated carbocycles. The molecule has 0 spiro atoms. The largest absolute Gasteiger partial charge is 0.491 e. The quantitative estimate of drug-likeness (QED) is 0.847. The monoisotopic (exact) mass is 316 g/mol. The molecule has 0 aliphatic heterocycles. The van der Waals surface area contributed by atoms with Crippen molar-refractivity contribution in [3.8, 4) is 5.75 Å². The van der Waals surface area contributed by atoms with Crippen molar-refractivity contribution in [2.45, 2.75) is 20.0 Å². The predicted octanol–water partition coefficient (Wildman–Crippen LogP) is 1.58. The zero-order valence-electron chi connectivity index (χ0n) is 13.4. The van der Waals surface area contributed by atoms with Crippen LogP contribution in [0.1, 0.15) is 24.2 Å². The first-order chi connectivity index (χ1) is 10.9. The van der Waals surface area contributed by atoms with E-state index in [-0.39, 0.29) is 24.5 Å². The van der Waals surface area contributed by atoms with E-state index in [0.29, 0.717) is 17.1 Å². The summed E-state index contributed by atoms with van der Waals surface area (Å²) in [5, 5.41) is 9.18. The number of aromatic nitrogens is 2. The van der Waals surface area contributed by atoms with Crippen molar-refractivity contribution in [2.75, 3.05) is 11.9 Å². The van der Waals surface area contributed by atoms with Gasteiger partial charge >= 0.3 is 0 Å². The molecule has 23 heavy (non-hydrogen) atoms. The molecule has 0 unspecified atom stereocenters. The van der Waals surface area contributed by atoms with Crippen molar-refractivity contribution in [2.24, 2.45) is 7.05 Å². The SMILES string of the molecule is CC(C)Oc1ccc(C(=O)NCC(=O)Nc2ccn(C)n2)cc1. The van der Waals surface area contributed by atoms with Crippen LogP contribution in [-0.4, -0.2) is 34.2 Å². The van der Waals surface area contributed by atoms with Gasteiger partial charge in [0.25, 0.3) is 5.91 Å². The standard InChI is InChI=1S/C16H20N4O3/c1-11(2)23-13-6-4-12(5-7-13)16(22)17-10-15(21)18-14-8-9-20(3)19-14/h4-9,11H,10H2,1-3H3,(H,17,22)(H,18,19,21). The minimum absolute atomic E-state index is 0.0740. The minimum Gasteiger partial charge on any atom is -0.491 e. The van der Waals surface area contributed by atoms with E-state index in [9.17, 15) is 9.59 Å². The van der Waals surface area contributed by atoms with E-state index in [1.54, 1.807) is 48.3 Å². The number of carbonyl (C=O) groups excluding carboxylic acids is 2. The summed E-state index contributed by atoms with van der Waals surface area (Å²) in [6, 6.07) is 8.44. The number of carbonyl (C=O) groups is 2. The second kappa shape index (κ2) is 7.44. The maximum Gasteiger partial charge on any atom is 0.251 e. The van der Waals surface area contributed by atoms with Crippen LogP contribution in [-0.2, 0) is 11.8 Å². The molecule has 1 aromatic heterocycles. The number of nitrogens with zero attached hydrogens (tertiary/aromatic N) is 2. The van der Waals surface area contributed by atoms with Gasteiger partial charge in [0.2, 0.25) is 5.91 Å². The van der Waals surface area contributed by atoms with Gasteiger partial charge in [-0.2, -0.15) is 5.10 Å². The summed E-state index contributed by atoms with van der Waals surface area (Å²) in [5.41, 5.74) is 0.465. The molecule has 0 fully saturated rings. The van der Waals surface area contributed by atoms with E-state index in [1.807, 2.05) is 13.8 Å². The van der Waals surface area contributed by atoms with Crippen LogP contribution < -0.4 is 15.4 Å². The van der Waals surface area contributed by atoms with E-state index < -0.39 is 0 Å². The summed E-state index contributed by atoms with van der Waals surface area (Å²) < 4.78 is 7.09. The van der Waals surface area contributed by atoms with Gasteiger partial charge in [-0.25, -0.2) is 0 Å². The zero-order valence-corrected chi connectivity index (χ0v) is 13.4. The Balaban J connectivity index is 1.83. The normalized spacial score (nSPS) is 10.4. The molecule has 2 aromatic rings. The average Bonchev–Trinajstić information content (AvgIpc) is 2.90. The highest BCUT2D eigenvalue weighted by molar-refractivity contribution is 5.99. The lowest BCUT2D eigenvalue weighted by atomic mass is 10.2. The van der Waals surface area contributed by atoms with Crippen molar-refractivity contribution in [3.63, 3.8) is 0 Å². The van der Waals surface area contributed by atoms with Crippen LogP contribution in [0.3, 0.4) is 0 Å². The highest BCUT2D eigenvalue weighted by Crippen LogP contribution is 2.13. The molecule has 7 heteroatoms. The topological polar surface area (TPSA) is 85.2 Å². The summed E-state index contributed by atoms with van der Waals surface area (Å²) in [7, 11) is 1.75. The van der Waals surface area contributed by atoms with Crippen molar-refractivity contribution in [1.82, 2.24) is 15.1 Å². The van der Waals surface area contributed by atoms with Gasteiger partial charge in [-0.1, -0.05) is 0 Å². The second-order valence-electron chi connectivity index (χ2n) is 5.30. The van der Waals surface area contributed by atoms with Gasteiger partial charge in [-0.15, -0.1) is 0 Å². The summed E-state index contributed by atoms with van der Waals surface area (Å²) in [4.78, 5) is 23.7. The van der Waals surface area contributed by atoms with Crippen molar-refractivity contribution >= 4 is 17.6 Å². The predicted molar refractivity (Wildman–Crippen MR) is 86.4 cm³/mol. The number of amides is 2. The highest BCUT2D eigenvalue weighted by Gasteiger charge is 2.09. The molecule has 0 saturated heterocycles. The second-order valence-corrected chi connectivity index (χ2v) is 5.30. The number of rotatable bonds is 6. The first kappa shape index (κ1) is 16.5. The molecule has 2 amide bonds. The van der Waals surface area contributed by atoms with E-state index in [1.165, 1.54) is 0 Å². The van der Waals surface area contributed by atoms with E-state index in [4.69, 9.17) is 4.74 Å². The van der Waals surface area contributed by atoms with Crippen LogP contribution in [0.2, 0.25) is 0 Å². The third-order valence-electron chi connectivity index (χ3n) is 2.88. The third kappa shape index (κ3) is 5.14. The van der Waals surface area contributed by atoms with Gasteiger partial charge < -0.3 is 15.4 Å². The zero-order chi connectivity index (χ0) is 16.8. The van der Waals surface area contributed by atoms with E-state index >= 15 is 0 Å². The Morgan fingerprint density at radius 3 is 2.48 bits per heavy atom. The number of hydrogen-bond acceptors (Lipinski definition) is 4. The summed E-state index contributed by atoms with van der Waals surface area (Å²) in [5.74, 6) is 0.487. The molecule has 0 aliphatic rings. The summed E-state index contributed by atoms with van der Waals surface area (Å²) in [6.07, 6.45) is 1.79.